The molecule has 0 fully saturated rings. The maximum Gasteiger partial charge on any atom is 0.146 e. The monoisotopic (exact) mass is 241 g/mol. The summed E-state index contributed by atoms with van der Waals surface area (Å²) < 4.78 is 10.6. The van der Waals surface area contributed by atoms with Crippen LogP contribution >= 0.6 is 12.6 Å². The first-order valence-electron chi connectivity index (χ1n) is 5.18. The summed E-state index contributed by atoms with van der Waals surface area (Å²) in [6.45, 7) is 2.93. The van der Waals surface area contributed by atoms with Gasteiger partial charge in [0.25, 0.3) is 0 Å². The molecule has 0 heterocycles. The number of thiol groups is 1. The molecule has 0 aromatic heterocycles. The number of hydrogen-bond donors (Lipinski definition) is 1. The van der Waals surface area contributed by atoms with E-state index in [-0.39, 0.29) is 0 Å². The first kappa shape index (κ1) is 13.0. The second-order valence-corrected chi connectivity index (χ2v) is 4.09. The molecule has 1 aromatic rings. The highest BCUT2D eigenvalue weighted by Gasteiger charge is 2.12. The number of rotatable bonds is 5. The Kier molecular flexibility index (Phi) is 4.80. The fraction of sp³-hybridized carbons (Fsp3) is 0.500. The Labute approximate surface area is 103 Å². The van der Waals surface area contributed by atoms with E-state index in [9.17, 15) is 0 Å². The van der Waals surface area contributed by atoms with E-state index in [1.165, 1.54) is 0 Å². The van der Waals surface area contributed by atoms with Gasteiger partial charge >= 0.3 is 0 Å². The number of methoxy groups -OCH3 is 2. The first-order valence-corrected chi connectivity index (χ1v) is 5.82. The molecule has 0 aliphatic carbocycles. The van der Waals surface area contributed by atoms with Gasteiger partial charge < -0.3 is 14.4 Å². The highest BCUT2D eigenvalue weighted by Crippen LogP contribution is 2.35. The summed E-state index contributed by atoms with van der Waals surface area (Å²) in [6, 6.07) is 3.91. The van der Waals surface area contributed by atoms with E-state index in [1.807, 2.05) is 19.2 Å². The Morgan fingerprint density at radius 3 is 2.44 bits per heavy atom. The van der Waals surface area contributed by atoms with Crippen LogP contribution in [0.4, 0.5) is 5.69 Å². The Morgan fingerprint density at radius 1 is 1.25 bits per heavy atom. The minimum atomic E-state index is 0.811. The third kappa shape index (κ3) is 2.76. The molecule has 0 N–H and O–H groups in total. The van der Waals surface area contributed by atoms with Crippen LogP contribution in [0, 0.1) is 6.92 Å². The molecule has 0 aliphatic rings. The van der Waals surface area contributed by atoms with Crippen molar-refractivity contribution >= 4 is 18.3 Å². The van der Waals surface area contributed by atoms with Crippen LogP contribution in [0.5, 0.6) is 11.5 Å². The molecule has 1 rings (SSSR count). The summed E-state index contributed by atoms with van der Waals surface area (Å²) >= 11 is 4.24. The molecule has 1 aromatic carbocycles. The molecule has 0 unspecified atom stereocenters. The zero-order valence-electron chi connectivity index (χ0n) is 10.3. The van der Waals surface area contributed by atoms with Crippen molar-refractivity contribution in [2.24, 2.45) is 0 Å². The number of anilines is 1. The smallest absolute Gasteiger partial charge is 0.146 e. The molecule has 0 saturated carbocycles. The number of ether oxygens (including phenoxy) is 2. The van der Waals surface area contributed by atoms with Crippen LogP contribution in [-0.2, 0) is 0 Å². The van der Waals surface area contributed by atoms with Gasteiger partial charge in [0, 0.05) is 25.4 Å². The van der Waals surface area contributed by atoms with Crippen molar-refractivity contribution in [2.75, 3.05) is 38.5 Å². The molecule has 0 aliphatic heterocycles. The first-order chi connectivity index (χ1) is 7.63. The lowest BCUT2D eigenvalue weighted by molar-refractivity contribution is 0.394. The molecule has 0 atom stereocenters. The maximum absolute atomic E-state index is 5.39. The number of benzene rings is 1. The molecule has 0 spiro atoms. The van der Waals surface area contributed by atoms with Crippen molar-refractivity contribution in [2.45, 2.75) is 6.92 Å². The van der Waals surface area contributed by atoms with E-state index in [0.29, 0.717) is 0 Å². The van der Waals surface area contributed by atoms with E-state index < -0.39 is 0 Å². The third-order valence-electron chi connectivity index (χ3n) is 2.51. The number of hydrogen-bond acceptors (Lipinski definition) is 4. The topological polar surface area (TPSA) is 21.7 Å². The standard InChI is InChI=1S/C12H19NO2S/c1-9-7-10(14-3)8-11(15-4)12(9)13(2)5-6-16/h7-8,16H,5-6H2,1-4H3. The average Bonchev–Trinajstić information content (AvgIpc) is 2.27. The van der Waals surface area contributed by atoms with E-state index >= 15 is 0 Å². The molecule has 0 saturated heterocycles. The largest absolute Gasteiger partial charge is 0.497 e. The number of aryl methyl sites for hydroxylation is 1. The average molecular weight is 241 g/mol. The Balaban J connectivity index is 3.15. The lowest BCUT2D eigenvalue weighted by atomic mass is 10.1. The molecule has 0 radical (unpaired) electrons. The van der Waals surface area contributed by atoms with E-state index in [2.05, 4.69) is 24.5 Å². The van der Waals surface area contributed by atoms with Crippen molar-refractivity contribution in [1.29, 1.82) is 0 Å². The second kappa shape index (κ2) is 5.89. The molecular weight excluding hydrogens is 222 g/mol. The molecule has 16 heavy (non-hydrogen) atoms. The van der Waals surface area contributed by atoms with E-state index in [0.717, 1.165) is 35.0 Å². The Bertz CT molecular complexity index is 355. The van der Waals surface area contributed by atoms with Crippen LogP contribution in [0.1, 0.15) is 5.56 Å². The Morgan fingerprint density at radius 2 is 1.94 bits per heavy atom. The van der Waals surface area contributed by atoms with Crippen molar-refractivity contribution in [3.05, 3.63) is 17.7 Å². The predicted molar refractivity (Wildman–Crippen MR) is 71.4 cm³/mol. The molecule has 0 amide bonds. The fourth-order valence-corrected chi connectivity index (χ4v) is 2.04. The zero-order chi connectivity index (χ0) is 12.1. The Hall–Kier alpha value is -1.03. The van der Waals surface area contributed by atoms with Gasteiger partial charge in [-0.05, 0) is 18.6 Å². The van der Waals surface area contributed by atoms with Crippen LogP contribution in [0.3, 0.4) is 0 Å². The van der Waals surface area contributed by atoms with Crippen molar-refractivity contribution < 1.29 is 9.47 Å². The van der Waals surface area contributed by atoms with Gasteiger partial charge in [-0.1, -0.05) is 0 Å². The summed E-state index contributed by atoms with van der Waals surface area (Å²) in [5.74, 6) is 2.46. The van der Waals surface area contributed by atoms with Crippen molar-refractivity contribution in [3.8, 4) is 11.5 Å². The summed E-state index contributed by atoms with van der Waals surface area (Å²) in [5.41, 5.74) is 2.23. The van der Waals surface area contributed by atoms with Gasteiger partial charge in [-0.3, -0.25) is 0 Å². The van der Waals surface area contributed by atoms with Crippen LogP contribution in [-0.4, -0.2) is 33.6 Å². The predicted octanol–water partition coefficient (Wildman–Crippen LogP) is 2.38. The minimum Gasteiger partial charge on any atom is -0.497 e. The summed E-state index contributed by atoms with van der Waals surface area (Å²) in [6.07, 6.45) is 0. The van der Waals surface area contributed by atoms with Gasteiger partial charge in [0.2, 0.25) is 0 Å². The van der Waals surface area contributed by atoms with Crippen molar-refractivity contribution in [1.82, 2.24) is 0 Å². The van der Waals surface area contributed by atoms with Crippen molar-refractivity contribution in [3.63, 3.8) is 0 Å². The van der Waals surface area contributed by atoms with Gasteiger partial charge in [-0.25, -0.2) is 0 Å². The molecule has 3 nitrogen and oxygen atoms in total. The molecular formula is C12H19NO2S. The van der Waals surface area contributed by atoms with Crippen LogP contribution in [0.2, 0.25) is 0 Å². The molecule has 0 bridgehead atoms. The van der Waals surface area contributed by atoms with Gasteiger partial charge in [0.1, 0.15) is 11.5 Å². The highest BCUT2D eigenvalue weighted by atomic mass is 32.1. The minimum absolute atomic E-state index is 0.811. The normalized spacial score (nSPS) is 10.1. The maximum atomic E-state index is 5.39. The summed E-state index contributed by atoms with van der Waals surface area (Å²) in [7, 11) is 5.37. The van der Waals surface area contributed by atoms with Gasteiger partial charge in [-0.2, -0.15) is 12.6 Å². The third-order valence-corrected chi connectivity index (χ3v) is 2.71. The SMILES string of the molecule is COc1cc(C)c(N(C)CCS)c(OC)c1. The number of nitrogens with zero attached hydrogens (tertiary/aromatic N) is 1. The fourth-order valence-electron chi connectivity index (χ4n) is 1.74. The van der Waals surface area contributed by atoms with Gasteiger partial charge in [0.15, 0.2) is 0 Å². The van der Waals surface area contributed by atoms with Gasteiger partial charge in [-0.15, -0.1) is 0 Å². The summed E-state index contributed by atoms with van der Waals surface area (Å²) in [4.78, 5) is 2.14. The van der Waals surface area contributed by atoms with Crippen LogP contribution in [0.15, 0.2) is 12.1 Å². The second-order valence-electron chi connectivity index (χ2n) is 3.64. The lowest BCUT2D eigenvalue weighted by Crippen LogP contribution is -2.21. The van der Waals surface area contributed by atoms with Gasteiger partial charge in [0.05, 0.1) is 19.9 Å². The quantitative estimate of drug-likeness (QED) is 0.800. The van der Waals surface area contributed by atoms with E-state index in [4.69, 9.17) is 9.47 Å². The van der Waals surface area contributed by atoms with Crippen LogP contribution < -0.4 is 14.4 Å². The van der Waals surface area contributed by atoms with E-state index in [1.54, 1.807) is 14.2 Å². The molecule has 4 heteroatoms. The van der Waals surface area contributed by atoms with Crippen LogP contribution in [0.25, 0.3) is 0 Å². The lowest BCUT2D eigenvalue weighted by Gasteiger charge is -2.23. The highest BCUT2D eigenvalue weighted by molar-refractivity contribution is 7.80. The zero-order valence-corrected chi connectivity index (χ0v) is 11.2. The summed E-state index contributed by atoms with van der Waals surface area (Å²) in [5, 5.41) is 0. The molecule has 90 valence electrons.